The maximum atomic E-state index is 12.4. The molecule has 4 aromatic rings. The van der Waals surface area contributed by atoms with Gasteiger partial charge < -0.3 is 0 Å². The van der Waals surface area contributed by atoms with Crippen molar-refractivity contribution >= 4 is 28.7 Å². The van der Waals surface area contributed by atoms with E-state index >= 15 is 0 Å². The summed E-state index contributed by atoms with van der Waals surface area (Å²) in [5, 5.41) is 1.06. The lowest BCUT2D eigenvalue weighted by Gasteiger charge is -2.06. The topological polar surface area (TPSA) is 47.3 Å². The van der Waals surface area contributed by atoms with Gasteiger partial charge in [0, 0.05) is 33.7 Å². The molecule has 4 nitrogen and oxygen atoms in total. The Kier molecular flexibility index (Phi) is 5.09. The second-order valence-corrected chi connectivity index (χ2v) is 8.40. The smallest absolute Gasteiger partial charge is 0.258 e. The average Bonchev–Trinajstić information content (AvgIpc) is 3.03. The van der Waals surface area contributed by atoms with Gasteiger partial charge in [0.15, 0.2) is 0 Å². The molecule has 0 radical (unpaired) electrons. The van der Waals surface area contributed by atoms with Crippen LogP contribution in [-0.2, 0) is 11.5 Å². The number of aromatic nitrogens is 3. The first-order chi connectivity index (χ1) is 13.1. The van der Waals surface area contributed by atoms with Crippen molar-refractivity contribution in [2.45, 2.75) is 25.4 Å². The summed E-state index contributed by atoms with van der Waals surface area (Å²) < 4.78 is 1.65. The zero-order valence-corrected chi connectivity index (χ0v) is 16.8. The molecule has 0 saturated heterocycles. The van der Waals surface area contributed by atoms with E-state index in [1.807, 2.05) is 43.3 Å². The first kappa shape index (κ1) is 17.9. The molecule has 27 heavy (non-hydrogen) atoms. The molecule has 0 aliphatic heterocycles. The summed E-state index contributed by atoms with van der Waals surface area (Å²) >= 11 is 3.50. The lowest BCUT2D eigenvalue weighted by Crippen LogP contribution is -2.17. The standard InChI is InChI=1S/C21H19N3OS2/c1-14-7-6-10-19-23-17(11-20(25)24(14)19)12-26-13-18-15(2)22-21(27-18)16-8-4-3-5-9-16/h3-11H,12-13H2,1-2H3. The average molecular weight is 394 g/mol. The Hall–Kier alpha value is -2.44. The molecule has 0 amide bonds. The zero-order chi connectivity index (χ0) is 18.8. The van der Waals surface area contributed by atoms with Crippen molar-refractivity contribution in [1.29, 1.82) is 0 Å². The highest BCUT2D eigenvalue weighted by atomic mass is 32.2. The van der Waals surface area contributed by atoms with Crippen LogP contribution in [0.3, 0.4) is 0 Å². The van der Waals surface area contributed by atoms with Crippen molar-refractivity contribution in [3.63, 3.8) is 0 Å². The van der Waals surface area contributed by atoms with Crippen LogP contribution in [-0.4, -0.2) is 14.4 Å². The third-order valence-electron chi connectivity index (χ3n) is 4.33. The Morgan fingerprint density at radius 2 is 1.81 bits per heavy atom. The van der Waals surface area contributed by atoms with Crippen LogP contribution in [0, 0.1) is 13.8 Å². The number of aryl methyl sites for hydroxylation is 2. The Balaban J connectivity index is 1.48. The Morgan fingerprint density at radius 3 is 2.63 bits per heavy atom. The molecule has 3 heterocycles. The van der Waals surface area contributed by atoms with Gasteiger partial charge in [0.25, 0.3) is 5.56 Å². The van der Waals surface area contributed by atoms with Gasteiger partial charge >= 0.3 is 0 Å². The second kappa shape index (κ2) is 7.66. The van der Waals surface area contributed by atoms with Gasteiger partial charge in [-0.15, -0.1) is 23.1 Å². The van der Waals surface area contributed by atoms with Gasteiger partial charge in [0.1, 0.15) is 10.7 Å². The van der Waals surface area contributed by atoms with Crippen LogP contribution in [0.15, 0.2) is 59.4 Å². The highest BCUT2D eigenvalue weighted by molar-refractivity contribution is 7.97. The summed E-state index contributed by atoms with van der Waals surface area (Å²) in [5.41, 5.74) is 4.64. The van der Waals surface area contributed by atoms with Gasteiger partial charge in [0.2, 0.25) is 0 Å². The number of nitrogens with zero attached hydrogens (tertiary/aromatic N) is 3. The van der Waals surface area contributed by atoms with Crippen LogP contribution in [0.25, 0.3) is 16.2 Å². The summed E-state index contributed by atoms with van der Waals surface area (Å²) in [4.78, 5) is 23.0. The summed E-state index contributed by atoms with van der Waals surface area (Å²) in [6.07, 6.45) is 0. The quantitative estimate of drug-likeness (QED) is 0.485. The molecule has 0 atom stereocenters. The SMILES string of the molecule is Cc1nc(-c2ccccc2)sc1CSCc1cc(=O)n2c(C)cccc2n1. The molecule has 0 fully saturated rings. The fraction of sp³-hybridized carbons (Fsp3) is 0.190. The van der Waals surface area contributed by atoms with E-state index in [9.17, 15) is 4.79 Å². The van der Waals surface area contributed by atoms with E-state index in [4.69, 9.17) is 4.98 Å². The largest absolute Gasteiger partial charge is 0.269 e. The minimum atomic E-state index is -0.0194. The highest BCUT2D eigenvalue weighted by Gasteiger charge is 2.10. The van der Waals surface area contributed by atoms with Crippen molar-refractivity contribution in [1.82, 2.24) is 14.4 Å². The predicted molar refractivity (Wildman–Crippen MR) is 113 cm³/mol. The number of hydrogen-bond acceptors (Lipinski definition) is 5. The minimum Gasteiger partial charge on any atom is -0.269 e. The van der Waals surface area contributed by atoms with Gasteiger partial charge in [0.05, 0.1) is 11.4 Å². The molecule has 0 unspecified atom stereocenters. The van der Waals surface area contributed by atoms with E-state index in [1.165, 1.54) is 4.88 Å². The van der Waals surface area contributed by atoms with Crippen LogP contribution < -0.4 is 5.56 Å². The third-order valence-corrected chi connectivity index (χ3v) is 6.71. The van der Waals surface area contributed by atoms with E-state index in [1.54, 1.807) is 33.6 Å². The highest BCUT2D eigenvalue weighted by Crippen LogP contribution is 2.30. The molecule has 0 N–H and O–H groups in total. The molecule has 1 aromatic carbocycles. The van der Waals surface area contributed by atoms with Crippen molar-refractivity contribution in [3.05, 3.63) is 86.9 Å². The molecule has 3 aromatic heterocycles. The molecule has 0 saturated carbocycles. The van der Waals surface area contributed by atoms with Crippen molar-refractivity contribution in [2.75, 3.05) is 0 Å². The first-order valence-corrected chi connectivity index (χ1v) is 10.7. The number of rotatable bonds is 5. The molecular formula is C21H19N3OS2. The lowest BCUT2D eigenvalue weighted by atomic mass is 10.2. The van der Waals surface area contributed by atoms with E-state index in [2.05, 4.69) is 24.0 Å². The summed E-state index contributed by atoms with van der Waals surface area (Å²) in [7, 11) is 0. The van der Waals surface area contributed by atoms with Crippen LogP contribution in [0.4, 0.5) is 0 Å². The molecule has 4 rings (SSSR count). The van der Waals surface area contributed by atoms with E-state index in [0.29, 0.717) is 11.4 Å². The molecule has 0 aliphatic carbocycles. The maximum absolute atomic E-state index is 12.4. The van der Waals surface area contributed by atoms with Crippen molar-refractivity contribution < 1.29 is 0 Å². The van der Waals surface area contributed by atoms with Crippen LogP contribution in [0.5, 0.6) is 0 Å². The predicted octanol–water partition coefficient (Wildman–Crippen LogP) is 4.87. The molecular weight excluding hydrogens is 374 g/mol. The number of benzene rings is 1. The Bertz CT molecular complexity index is 1150. The summed E-state index contributed by atoms with van der Waals surface area (Å²) in [6, 6.07) is 17.6. The zero-order valence-electron chi connectivity index (χ0n) is 15.2. The first-order valence-electron chi connectivity index (χ1n) is 8.69. The maximum Gasteiger partial charge on any atom is 0.258 e. The molecule has 0 aliphatic rings. The number of hydrogen-bond donors (Lipinski definition) is 0. The van der Waals surface area contributed by atoms with Gasteiger partial charge in [-0.25, -0.2) is 9.97 Å². The van der Waals surface area contributed by atoms with Crippen molar-refractivity contribution in [3.8, 4) is 10.6 Å². The van der Waals surface area contributed by atoms with Crippen LogP contribution in [0.1, 0.15) is 22.0 Å². The number of thiazole rings is 1. The van der Waals surface area contributed by atoms with Crippen LogP contribution in [0.2, 0.25) is 0 Å². The molecule has 0 spiro atoms. The molecule has 6 heteroatoms. The minimum absolute atomic E-state index is 0.0194. The lowest BCUT2D eigenvalue weighted by molar-refractivity contribution is 0.968. The van der Waals surface area contributed by atoms with Gasteiger partial charge in [-0.3, -0.25) is 9.20 Å². The van der Waals surface area contributed by atoms with Gasteiger partial charge in [-0.05, 0) is 26.0 Å². The van der Waals surface area contributed by atoms with Gasteiger partial charge in [-0.2, -0.15) is 0 Å². The fourth-order valence-electron chi connectivity index (χ4n) is 2.95. The molecule has 136 valence electrons. The monoisotopic (exact) mass is 393 g/mol. The van der Waals surface area contributed by atoms with E-state index in [0.717, 1.165) is 33.4 Å². The molecule has 0 bridgehead atoms. The van der Waals surface area contributed by atoms with Gasteiger partial charge in [-0.1, -0.05) is 36.4 Å². The number of fused-ring (bicyclic) bond motifs is 1. The number of pyridine rings is 1. The normalized spacial score (nSPS) is 11.2. The van der Waals surface area contributed by atoms with Crippen LogP contribution >= 0.6 is 23.1 Å². The number of thioether (sulfide) groups is 1. The van der Waals surface area contributed by atoms with E-state index < -0.39 is 0 Å². The summed E-state index contributed by atoms with van der Waals surface area (Å²) in [5.74, 6) is 1.57. The third kappa shape index (κ3) is 3.82. The van der Waals surface area contributed by atoms with Crippen molar-refractivity contribution in [2.24, 2.45) is 0 Å². The fourth-order valence-corrected chi connectivity index (χ4v) is 5.15. The summed E-state index contributed by atoms with van der Waals surface area (Å²) in [6.45, 7) is 3.98. The second-order valence-electron chi connectivity index (χ2n) is 6.33. The Morgan fingerprint density at radius 1 is 1.00 bits per heavy atom. The Labute approximate surface area is 165 Å². The van der Waals surface area contributed by atoms with E-state index in [-0.39, 0.29) is 5.56 Å².